The molecule has 3 rings (SSSR count). The summed E-state index contributed by atoms with van der Waals surface area (Å²) in [6, 6.07) is 1.96. The number of ketones is 1. The second-order valence-corrected chi connectivity index (χ2v) is 6.80. The number of hydrogen-bond acceptors (Lipinski definition) is 3. The van der Waals surface area contributed by atoms with Crippen LogP contribution in [0.2, 0.25) is 0 Å². The van der Waals surface area contributed by atoms with Crippen LogP contribution in [0, 0.1) is 0 Å². The molecule has 3 aliphatic heterocycles. The van der Waals surface area contributed by atoms with Crippen molar-refractivity contribution in [1.29, 1.82) is 0 Å². The van der Waals surface area contributed by atoms with Crippen LogP contribution < -0.4 is 0 Å². The first-order valence-corrected chi connectivity index (χ1v) is 8.25. The van der Waals surface area contributed by atoms with Gasteiger partial charge in [-0.3, -0.25) is 9.69 Å². The van der Waals surface area contributed by atoms with Crippen LogP contribution in [0.15, 0.2) is 0 Å². The van der Waals surface area contributed by atoms with E-state index in [0.717, 1.165) is 18.9 Å². The van der Waals surface area contributed by atoms with Crippen molar-refractivity contribution in [2.75, 3.05) is 19.6 Å². The molecule has 3 unspecified atom stereocenters. The third-order valence-corrected chi connectivity index (χ3v) is 5.50. The van der Waals surface area contributed by atoms with Gasteiger partial charge < -0.3 is 4.90 Å². The Morgan fingerprint density at radius 3 is 2.47 bits per heavy atom. The molecular formula is C16H28N2O. The molecule has 3 aliphatic rings. The first kappa shape index (κ1) is 13.6. The number of carbonyl (C=O) groups is 1. The highest BCUT2D eigenvalue weighted by Gasteiger charge is 2.39. The van der Waals surface area contributed by atoms with Crippen molar-refractivity contribution in [3.05, 3.63) is 0 Å². The Hall–Kier alpha value is -0.410. The second-order valence-electron chi connectivity index (χ2n) is 6.80. The fraction of sp³-hybridized carbons (Fsp3) is 0.938. The zero-order valence-electron chi connectivity index (χ0n) is 12.3. The Bertz CT molecular complexity index is 315. The van der Waals surface area contributed by atoms with Crippen LogP contribution >= 0.6 is 0 Å². The zero-order chi connectivity index (χ0) is 13.2. The number of likely N-dealkylation sites (tertiary alicyclic amines) is 1. The third-order valence-electron chi connectivity index (χ3n) is 5.50. The summed E-state index contributed by atoms with van der Waals surface area (Å²) in [6.07, 6.45) is 9.64. The molecule has 0 aliphatic carbocycles. The maximum absolute atomic E-state index is 11.6. The number of nitrogens with zero attached hydrogens (tertiary/aromatic N) is 2. The summed E-state index contributed by atoms with van der Waals surface area (Å²) >= 11 is 0. The van der Waals surface area contributed by atoms with Crippen molar-refractivity contribution >= 4 is 5.78 Å². The van der Waals surface area contributed by atoms with Crippen molar-refractivity contribution in [1.82, 2.24) is 9.80 Å². The molecule has 19 heavy (non-hydrogen) atoms. The lowest BCUT2D eigenvalue weighted by atomic mass is 10.0. The summed E-state index contributed by atoms with van der Waals surface area (Å²) in [5.74, 6) is 0.508. The average Bonchev–Trinajstić information content (AvgIpc) is 2.64. The van der Waals surface area contributed by atoms with Gasteiger partial charge in [0, 0.05) is 31.0 Å². The molecule has 0 saturated carbocycles. The highest BCUT2D eigenvalue weighted by molar-refractivity contribution is 5.80. The topological polar surface area (TPSA) is 23.6 Å². The predicted molar refractivity (Wildman–Crippen MR) is 77.3 cm³/mol. The molecule has 3 atom stereocenters. The number of fused-ring (bicyclic) bond motifs is 2. The van der Waals surface area contributed by atoms with Crippen molar-refractivity contribution in [2.24, 2.45) is 0 Å². The van der Waals surface area contributed by atoms with Crippen molar-refractivity contribution in [3.8, 4) is 0 Å². The van der Waals surface area contributed by atoms with Crippen LogP contribution in [0.3, 0.4) is 0 Å². The smallest absolute Gasteiger partial charge is 0.136 e. The number of rotatable bonds is 4. The molecule has 3 fully saturated rings. The SMILES string of the molecule is CC1CCCCN1CCCN1C2CCC1CC(=O)C2. The van der Waals surface area contributed by atoms with E-state index in [0.29, 0.717) is 17.9 Å². The van der Waals surface area contributed by atoms with E-state index in [1.54, 1.807) is 0 Å². The zero-order valence-corrected chi connectivity index (χ0v) is 12.3. The maximum atomic E-state index is 11.6. The molecule has 0 aromatic heterocycles. The van der Waals surface area contributed by atoms with Crippen LogP contribution in [-0.4, -0.2) is 53.3 Å². The van der Waals surface area contributed by atoms with E-state index < -0.39 is 0 Å². The third kappa shape index (κ3) is 3.03. The standard InChI is InChI=1S/C16H28N2O/c1-13-5-2-3-8-17(13)9-4-10-18-14-6-7-15(18)12-16(19)11-14/h13-15H,2-12H2,1H3. The van der Waals surface area contributed by atoms with E-state index in [9.17, 15) is 4.79 Å². The lowest BCUT2D eigenvalue weighted by Crippen LogP contribution is -2.45. The van der Waals surface area contributed by atoms with Gasteiger partial charge in [0.15, 0.2) is 0 Å². The largest absolute Gasteiger partial charge is 0.301 e. The van der Waals surface area contributed by atoms with Crippen LogP contribution in [0.1, 0.15) is 58.3 Å². The number of Topliss-reactive ketones (excluding diaryl/α,β-unsaturated/α-hetero) is 1. The molecule has 0 aromatic carbocycles. The Morgan fingerprint density at radius 2 is 1.79 bits per heavy atom. The first-order chi connectivity index (χ1) is 9.24. The predicted octanol–water partition coefficient (Wildman–Crippen LogP) is 2.45. The Kier molecular flexibility index (Phi) is 4.23. The number of piperidine rings is 2. The van der Waals surface area contributed by atoms with E-state index in [1.807, 2.05) is 0 Å². The minimum atomic E-state index is 0.508. The quantitative estimate of drug-likeness (QED) is 0.779. The fourth-order valence-corrected chi connectivity index (χ4v) is 4.37. The van der Waals surface area contributed by atoms with E-state index in [1.165, 1.54) is 58.2 Å². The van der Waals surface area contributed by atoms with Gasteiger partial charge in [-0.2, -0.15) is 0 Å². The van der Waals surface area contributed by atoms with Gasteiger partial charge in [0.05, 0.1) is 0 Å². The van der Waals surface area contributed by atoms with Gasteiger partial charge in [0.1, 0.15) is 5.78 Å². The monoisotopic (exact) mass is 264 g/mol. The molecule has 108 valence electrons. The molecule has 0 amide bonds. The summed E-state index contributed by atoms with van der Waals surface area (Å²) in [6.45, 7) is 6.14. The van der Waals surface area contributed by atoms with Gasteiger partial charge in [0.2, 0.25) is 0 Å². The van der Waals surface area contributed by atoms with E-state index in [4.69, 9.17) is 0 Å². The fourth-order valence-electron chi connectivity index (χ4n) is 4.37. The number of carbonyl (C=O) groups excluding carboxylic acids is 1. The van der Waals surface area contributed by atoms with Gasteiger partial charge in [-0.25, -0.2) is 0 Å². The Labute approximate surface area is 117 Å². The van der Waals surface area contributed by atoms with E-state index in [2.05, 4.69) is 16.7 Å². The Morgan fingerprint density at radius 1 is 1.05 bits per heavy atom. The minimum Gasteiger partial charge on any atom is -0.301 e. The van der Waals surface area contributed by atoms with Gasteiger partial charge in [-0.05, 0) is 58.7 Å². The van der Waals surface area contributed by atoms with Crippen molar-refractivity contribution in [3.63, 3.8) is 0 Å². The summed E-state index contributed by atoms with van der Waals surface area (Å²) in [5.41, 5.74) is 0. The molecule has 0 spiro atoms. The van der Waals surface area contributed by atoms with Gasteiger partial charge in [-0.15, -0.1) is 0 Å². The molecular weight excluding hydrogens is 236 g/mol. The van der Waals surface area contributed by atoms with Crippen LogP contribution in [0.25, 0.3) is 0 Å². The second kappa shape index (κ2) is 5.92. The molecule has 3 nitrogen and oxygen atoms in total. The van der Waals surface area contributed by atoms with Crippen LogP contribution in [0.5, 0.6) is 0 Å². The molecule has 0 radical (unpaired) electrons. The van der Waals surface area contributed by atoms with E-state index >= 15 is 0 Å². The highest BCUT2D eigenvalue weighted by atomic mass is 16.1. The summed E-state index contributed by atoms with van der Waals surface area (Å²) in [7, 11) is 0. The summed E-state index contributed by atoms with van der Waals surface area (Å²) < 4.78 is 0. The molecule has 3 saturated heterocycles. The molecule has 0 aromatic rings. The highest BCUT2D eigenvalue weighted by Crippen LogP contribution is 2.33. The van der Waals surface area contributed by atoms with Crippen LogP contribution in [0.4, 0.5) is 0 Å². The molecule has 2 bridgehead atoms. The lowest BCUT2D eigenvalue weighted by Gasteiger charge is -2.36. The molecule has 3 heterocycles. The molecule has 3 heteroatoms. The first-order valence-electron chi connectivity index (χ1n) is 8.25. The number of hydrogen-bond donors (Lipinski definition) is 0. The maximum Gasteiger partial charge on any atom is 0.136 e. The summed E-state index contributed by atoms with van der Waals surface area (Å²) in [5, 5.41) is 0. The van der Waals surface area contributed by atoms with Gasteiger partial charge in [0.25, 0.3) is 0 Å². The normalized spacial score (nSPS) is 36.9. The van der Waals surface area contributed by atoms with Crippen molar-refractivity contribution < 1.29 is 4.79 Å². The van der Waals surface area contributed by atoms with Crippen LogP contribution in [-0.2, 0) is 4.79 Å². The summed E-state index contributed by atoms with van der Waals surface area (Å²) in [4.78, 5) is 16.9. The van der Waals surface area contributed by atoms with E-state index in [-0.39, 0.29) is 0 Å². The van der Waals surface area contributed by atoms with Gasteiger partial charge >= 0.3 is 0 Å². The van der Waals surface area contributed by atoms with Gasteiger partial charge in [-0.1, -0.05) is 6.42 Å². The Balaban J connectivity index is 1.44. The molecule has 0 N–H and O–H groups in total. The van der Waals surface area contributed by atoms with Crippen molar-refractivity contribution in [2.45, 2.75) is 76.4 Å². The lowest BCUT2D eigenvalue weighted by molar-refractivity contribution is -0.123. The minimum absolute atomic E-state index is 0.508. The average molecular weight is 264 g/mol.